The minimum Gasteiger partial charge on any atom is -0.432 e. The molecule has 0 radical (unpaired) electrons. The average molecular weight is 573 g/mol. The van der Waals surface area contributed by atoms with Crippen molar-refractivity contribution in [3.63, 3.8) is 0 Å². The number of alkyl halides is 2. The summed E-state index contributed by atoms with van der Waals surface area (Å²) in [6.07, 6.45) is 2.25. The summed E-state index contributed by atoms with van der Waals surface area (Å²) in [7, 11) is 0. The third-order valence-electron chi connectivity index (χ3n) is 8.79. The van der Waals surface area contributed by atoms with Gasteiger partial charge in [0.05, 0.1) is 29.7 Å². The number of benzene rings is 2. The Hall–Kier alpha value is -1.90. The van der Waals surface area contributed by atoms with Crippen LogP contribution >= 0.6 is 11.6 Å². The van der Waals surface area contributed by atoms with Crippen molar-refractivity contribution in [2.24, 2.45) is 29.6 Å². The summed E-state index contributed by atoms with van der Waals surface area (Å²) < 4.78 is 90.2. The Morgan fingerprint density at radius 2 is 1.36 bits per heavy atom. The van der Waals surface area contributed by atoms with Gasteiger partial charge in [-0.3, -0.25) is 0 Å². The van der Waals surface area contributed by atoms with Crippen LogP contribution in [0.1, 0.15) is 58.3 Å². The Bertz CT molecular complexity index is 1110. The maximum atomic E-state index is 15.0. The molecule has 0 atom stereocenters. The second-order valence-corrected chi connectivity index (χ2v) is 11.9. The van der Waals surface area contributed by atoms with E-state index >= 15 is 8.78 Å². The lowest BCUT2D eigenvalue weighted by molar-refractivity contribution is -0.251. The predicted octanol–water partition coefficient (Wildman–Crippen LogP) is 9.02. The van der Waals surface area contributed by atoms with Crippen LogP contribution in [0.25, 0.3) is 11.1 Å². The molecule has 0 unspecified atom stereocenters. The van der Waals surface area contributed by atoms with Crippen LogP contribution in [0.3, 0.4) is 0 Å². The highest BCUT2D eigenvalue weighted by Gasteiger charge is 2.46. The van der Waals surface area contributed by atoms with E-state index in [0.717, 1.165) is 12.0 Å². The van der Waals surface area contributed by atoms with E-state index in [-0.39, 0.29) is 35.6 Å². The van der Waals surface area contributed by atoms with E-state index in [9.17, 15) is 13.2 Å². The zero-order valence-electron chi connectivity index (χ0n) is 21.9. The van der Waals surface area contributed by atoms with E-state index in [0.29, 0.717) is 50.0 Å². The summed E-state index contributed by atoms with van der Waals surface area (Å²) >= 11 is 5.63. The zero-order valence-corrected chi connectivity index (χ0v) is 22.7. The minimum absolute atomic E-state index is 0.0262. The monoisotopic (exact) mass is 572 g/mol. The van der Waals surface area contributed by atoms with E-state index in [4.69, 9.17) is 25.8 Å². The van der Waals surface area contributed by atoms with Crippen LogP contribution in [0.2, 0.25) is 5.02 Å². The lowest BCUT2D eigenvalue weighted by atomic mass is 9.76. The molecule has 0 amide bonds. The van der Waals surface area contributed by atoms with Crippen LogP contribution in [-0.2, 0) is 9.47 Å². The SMILES string of the molecule is CC1CCC(C2COC(C3CCC(C(F)(F)Oc4cc(F)c(-c5ccc(Cl)c(F)c5)c(F)c4)CC3)OC2)CC1. The molecule has 1 heterocycles. The van der Waals surface area contributed by atoms with Gasteiger partial charge in [-0.15, -0.1) is 0 Å². The number of halogens is 6. The van der Waals surface area contributed by atoms with Crippen molar-refractivity contribution >= 4 is 11.6 Å². The van der Waals surface area contributed by atoms with Gasteiger partial charge in [0.2, 0.25) is 0 Å². The van der Waals surface area contributed by atoms with E-state index in [1.807, 2.05) is 0 Å². The van der Waals surface area contributed by atoms with E-state index in [1.54, 1.807) is 0 Å². The highest BCUT2D eigenvalue weighted by Crippen LogP contribution is 2.43. The number of rotatable bonds is 6. The van der Waals surface area contributed by atoms with E-state index < -0.39 is 40.8 Å². The summed E-state index contributed by atoms with van der Waals surface area (Å²) in [5, 5.41) is -0.200. The molecular formula is C30H34ClF5O3. The predicted molar refractivity (Wildman–Crippen MR) is 138 cm³/mol. The molecule has 39 heavy (non-hydrogen) atoms. The summed E-state index contributed by atoms with van der Waals surface area (Å²) in [4.78, 5) is 0. The average Bonchev–Trinajstić information content (AvgIpc) is 2.91. The lowest BCUT2D eigenvalue weighted by Crippen LogP contribution is -2.43. The van der Waals surface area contributed by atoms with Crippen LogP contribution in [0.4, 0.5) is 22.0 Å². The fourth-order valence-corrected chi connectivity index (χ4v) is 6.46. The topological polar surface area (TPSA) is 27.7 Å². The first-order chi connectivity index (χ1) is 18.6. The second-order valence-electron chi connectivity index (χ2n) is 11.5. The van der Waals surface area contributed by atoms with Gasteiger partial charge >= 0.3 is 6.11 Å². The summed E-state index contributed by atoms with van der Waals surface area (Å²) in [6, 6.07) is 4.68. The fourth-order valence-electron chi connectivity index (χ4n) is 6.34. The van der Waals surface area contributed by atoms with Crippen molar-refractivity contribution < 1.29 is 36.2 Å². The molecule has 3 aliphatic rings. The van der Waals surface area contributed by atoms with E-state index in [1.165, 1.54) is 37.8 Å². The zero-order chi connectivity index (χ0) is 27.7. The molecular weight excluding hydrogens is 539 g/mol. The first-order valence-electron chi connectivity index (χ1n) is 13.8. The molecule has 1 aliphatic heterocycles. The van der Waals surface area contributed by atoms with Gasteiger partial charge in [0.15, 0.2) is 6.29 Å². The van der Waals surface area contributed by atoms with Crippen LogP contribution in [0, 0.1) is 47.0 Å². The first kappa shape index (κ1) is 28.6. The number of ether oxygens (including phenoxy) is 3. The second kappa shape index (κ2) is 11.9. The molecule has 1 saturated heterocycles. The van der Waals surface area contributed by atoms with Crippen molar-refractivity contribution in [3.05, 3.63) is 52.8 Å². The smallest absolute Gasteiger partial charge is 0.400 e. The normalized spacial score (nSPS) is 30.2. The highest BCUT2D eigenvalue weighted by molar-refractivity contribution is 6.30. The Labute approximate surface area is 231 Å². The molecule has 0 N–H and O–H groups in total. The molecule has 2 aromatic carbocycles. The molecule has 214 valence electrons. The highest BCUT2D eigenvalue weighted by atomic mass is 35.5. The quantitative estimate of drug-likeness (QED) is 0.323. The third-order valence-corrected chi connectivity index (χ3v) is 9.09. The van der Waals surface area contributed by atoms with Crippen molar-refractivity contribution in [1.29, 1.82) is 0 Å². The number of hydrogen-bond acceptors (Lipinski definition) is 3. The standard InChI is InChI=1S/C30H34ClF5O3/c1-17-2-4-18(5-3-17)21-15-37-29(38-16-21)19-6-9-22(10-7-19)30(35,36)39-23-13-26(33)28(27(34)14-23)20-8-11-24(31)25(32)12-20/h8,11-14,17-19,21-22,29H,2-7,9-10,15-16H2,1H3. The third kappa shape index (κ3) is 6.54. The van der Waals surface area contributed by atoms with Crippen LogP contribution in [-0.4, -0.2) is 25.6 Å². The van der Waals surface area contributed by atoms with Gasteiger partial charge in [0.1, 0.15) is 23.2 Å². The summed E-state index contributed by atoms with van der Waals surface area (Å²) in [5.74, 6) is -3.02. The van der Waals surface area contributed by atoms with Crippen molar-refractivity contribution in [3.8, 4) is 16.9 Å². The van der Waals surface area contributed by atoms with E-state index in [2.05, 4.69) is 6.92 Å². The number of hydrogen-bond donors (Lipinski definition) is 0. The lowest BCUT2D eigenvalue weighted by Gasteiger charge is -2.41. The van der Waals surface area contributed by atoms with Crippen molar-refractivity contribution in [1.82, 2.24) is 0 Å². The molecule has 9 heteroatoms. The Morgan fingerprint density at radius 3 is 1.95 bits per heavy atom. The molecule has 3 fully saturated rings. The van der Waals surface area contributed by atoms with Crippen molar-refractivity contribution in [2.75, 3.05) is 13.2 Å². The van der Waals surface area contributed by atoms with Crippen LogP contribution in [0.5, 0.6) is 5.75 Å². The molecule has 2 aromatic rings. The van der Waals surface area contributed by atoms with Gasteiger partial charge in [0, 0.05) is 24.0 Å². The van der Waals surface area contributed by atoms with Gasteiger partial charge in [-0.05, 0) is 68.1 Å². The molecule has 0 spiro atoms. The Balaban J connectivity index is 1.15. The van der Waals surface area contributed by atoms with Gasteiger partial charge < -0.3 is 14.2 Å². The molecule has 3 nitrogen and oxygen atoms in total. The molecule has 0 bridgehead atoms. The van der Waals surface area contributed by atoms with Crippen LogP contribution in [0.15, 0.2) is 30.3 Å². The largest absolute Gasteiger partial charge is 0.432 e. The Morgan fingerprint density at radius 1 is 0.769 bits per heavy atom. The fraction of sp³-hybridized carbons (Fsp3) is 0.600. The molecule has 2 saturated carbocycles. The van der Waals surface area contributed by atoms with Gasteiger partial charge in [-0.25, -0.2) is 13.2 Å². The maximum absolute atomic E-state index is 15.0. The minimum atomic E-state index is -3.62. The van der Waals surface area contributed by atoms with Gasteiger partial charge in [-0.1, -0.05) is 37.4 Å². The Kier molecular flexibility index (Phi) is 8.74. The van der Waals surface area contributed by atoms with Crippen molar-refractivity contribution in [2.45, 2.75) is 70.7 Å². The van der Waals surface area contributed by atoms with Crippen LogP contribution < -0.4 is 4.74 Å². The van der Waals surface area contributed by atoms with Gasteiger partial charge in [0.25, 0.3) is 0 Å². The maximum Gasteiger partial charge on any atom is 0.400 e. The van der Waals surface area contributed by atoms with Gasteiger partial charge in [-0.2, -0.15) is 8.78 Å². The molecule has 5 rings (SSSR count). The summed E-state index contributed by atoms with van der Waals surface area (Å²) in [6.45, 7) is 3.60. The summed E-state index contributed by atoms with van der Waals surface area (Å²) in [5.41, 5.74) is -0.648. The molecule has 0 aromatic heterocycles. The molecule has 2 aliphatic carbocycles. The first-order valence-corrected chi connectivity index (χ1v) is 14.2.